The Labute approximate surface area is 189 Å². The molecule has 0 aliphatic carbocycles. The van der Waals surface area contributed by atoms with Gasteiger partial charge in [-0.1, -0.05) is 78.3 Å². The molecule has 6 aromatic rings. The zero-order valence-electron chi connectivity index (χ0n) is 16.6. The molecule has 0 aliphatic rings. The van der Waals surface area contributed by atoms with Crippen LogP contribution in [0.2, 0.25) is 5.02 Å². The predicted molar refractivity (Wildman–Crippen MR) is 137 cm³/mol. The van der Waals surface area contributed by atoms with Crippen LogP contribution in [0, 0.1) is 0 Å². The zero-order chi connectivity index (χ0) is 20.8. The summed E-state index contributed by atoms with van der Waals surface area (Å²) in [4.78, 5) is 2.34. The van der Waals surface area contributed by atoms with Gasteiger partial charge in [0.2, 0.25) is 0 Å². The van der Waals surface area contributed by atoms with Gasteiger partial charge in [0.25, 0.3) is 0 Å². The summed E-state index contributed by atoms with van der Waals surface area (Å²) in [6.45, 7) is 0. The van der Waals surface area contributed by atoms with Crippen molar-refractivity contribution in [1.82, 2.24) is 0 Å². The summed E-state index contributed by atoms with van der Waals surface area (Å²) in [7, 11) is 0. The third-order valence-corrected chi connectivity index (χ3v) is 7.22. The summed E-state index contributed by atoms with van der Waals surface area (Å²) in [6.07, 6.45) is 0. The molecule has 0 aliphatic heterocycles. The summed E-state index contributed by atoms with van der Waals surface area (Å²) in [5.41, 5.74) is 3.41. The minimum Gasteiger partial charge on any atom is -0.310 e. The van der Waals surface area contributed by atoms with Crippen LogP contribution in [0.5, 0.6) is 0 Å². The Morgan fingerprint density at radius 2 is 1.19 bits per heavy atom. The van der Waals surface area contributed by atoms with E-state index in [9.17, 15) is 0 Å². The van der Waals surface area contributed by atoms with Crippen molar-refractivity contribution >= 4 is 70.9 Å². The van der Waals surface area contributed by atoms with Crippen molar-refractivity contribution in [2.24, 2.45) is 0 Å². The second-order valence-electron chi connectivity index (χ2n) is 7.54. The first-order valence-corrected chi connectivity index (χ1v) is 11.4. The molecule has 1 nitrogen and oxygen atoms in total. The van der Waals surface area contributed by atoms with Crippen LogP contribution in [-0.4, -0.2) is 0 Å². The van der Waals surface area contributed by atoms with Crippen LogP contribution in [0.15, 0.2) is 109 Å². The Balaban J connectivity index is 1.77. The number of fused-ring (bicyclic) bond motifs is 5. The molecule has 3 heteroatoms. The van der Waals surface area contributed by atoms with Crippen molar-refractivity contribution in [3.8, 4) is 0 Å². The summed E-state index contributed by atoms with van der Waals surface area (Å²) in [6, 6.07) is 38.2. The van der Waals surface area contributed by atoms with E-state index in [0.29, 0.717) is 0 Å². The number of nitrogens with zero attached hydrogens (tertiary/aromatic N) is 1. The Morgan fingerprint density at radius 1 is 0.581 bits per heavy atom. The second kappa shape index (κ2) is 7.42. The van der Waals surface area contributed by atoms with E-state index in [1.807, 2.05) is 23.5 Å². The Bertz CT molecular complexity index is 1500. The summed E-state index contributed by atoms with van der Waals surface area (Å²) in [5, 5.41) is 5.62. The molecule has 148 valence electrons. The second-order valence-corrected chi connectivity index (χ2v) is 9.00. The van der Waals surface area contributed by atoms with E-state index < -0.39 is 0 Å². The highest BCUT2D eigenvalue weighted by Crippen LogP contribution is 2.47. The lowest BCUT2D eigenvalue weighted by molar-refractivity contribution is 1.30. The number of rotatable bonds is 3. The Kier molecular flexibility index (Phi) is 4.41. The van der Waals surface area contributed by atoms with E-state index in [2.05, 4.69) is 102 Å². The van der Waals surface area contributed by atoms with E-state index in [4.69, 9.17) is 11.6 Å². The fourth-order valence-electron chi connectivity index (χ4n) is 4.35. The third kappa shape index (κ3) is 2.99. The SMILES string of the molecule is Clc1cccc2sc3c4ccccc4c(N(c4ccccc4)c4ccccc4)cc3c12. The number of para-hydroxylation sites is 2. The number of hydrogen-bond donors (Lipinski definition) is 0. The minimum atomic E-state index is 0.802. The lowest BCUT2D eigenvalue weighted by Gasteiger charge is -2.27. The fourth-order valence-corrected chi connectivity index (χ4v) is 5.93. The van der Waals surface area contributed by atoms with Crippen LogP contribution in [0.3, 0.4) is 0 Å². The average molecular weight is 436 g/mol. The van der Waals surface area contributed by atoms with Gasteiger partial charge in [-0.2, -0.15) is 0 Å². The van der Waals surface area contributed by atoms with Gasteiger partial charge in [0.05, 0.1) is 5.69 Å². The predicted octanol–water partition coefficient (Wildman–Crippen LogP) is 9.33. The number of benzene rings is 5. The van der Waals surface area contributed by atoms with E-state index in [-0.39, 0.29) is 0 Å². The first kappa shape index (κ1) is 18.4. The molecule has 0 radical (unpaired) electrons. The molecule has 0 bridgehead atoms. The van der Waals surface area contributed by atoms with Gasteiger partial charge in [0.1, 0.15) is 0 Å². The van der Waals surface area contributed by atoms with Crippen molar-refractivity contribution in [3.05, 3.63) is 114 Å². The molecule has 0 atom stereocenters. The number of hydrogen-bond acceptors (Lipinski definition) is 2. The topological polar surface area (TPSA) is 3.24 Å². The molecule has 0 unspecified atom stereocenters. The van der Waals surface area contributed by atoms with E-state index in [1.165, 1.54) is 25.6 Å². The first-order valence-electron chi connectivity index (χ1n) is 10.2. The molecule has 0 saturated carbocycles. The standard InChI is InChI=1S/C28H18ClNS/c29-24-16-9-17-26-27(24)23-18-25(21-14-7-8-15-22(21)28(23)31-26)30(19-10-3-1-4-11-19)20-12-5-2-6-13-20/h1-18H. The average Bonchev–Trinajstić information content (AvgIpc) is 3.21. The van der Waals surface area contributed by atoms with Gasteiger partial charge in [-0.05, 0) is 42.5 Å². The highest BCUT2D eigenvalue weighted by Gasteiger charge is 2.19. The first-order chi connectivity index (χ1) is 15.3. The number of thiophene rings is 1. The lowest BCUT2D eigenvalue weighted by atomic mass is 10.0. The summed E-state index contributed by atoms with van der Waals surface area (Å²) in [5.74, 6) is 0. The van der Waals surface area contributed by atoms with Crippen LogP contribution in [-0.2, 0) is 0 Å². The highest BCUT2D eigenvalue weighted by molar-refractivity contribution is 7.26. The largest absolute Gasteiger partial charge is 0.310 e. The maximum Gasteiger partial charge on any atom is 0.0547 e. The van der Waals surface area contributed by atoms with Crippen molar-refractivity contribution in [1.29, 1.82) is 0 Å². The molecule has 5 aromatic carbocycles. The Hall–Kier alpha value is -3.33. The monoisotopic (exact) mass is 435 g/mol. The zero-order valence-corrected chi connectivity index (χ0v) is 18.2. The van der Waals surface area contributed by atoms with E-state index in [1.54, 1.807) is 0 Å². The number of anilines is 3. The van der Waals surface area contributed by atoms with Crippen LogP contribution >= 0.6 is 22.9 Å². The van der Waals surface area contributed by atoms with Crippen molar-refractivity contribution in [3.63, 3.8) is 0 Å². The van der Waals surface area contributed by atoms with Gasteiger partial charge in [-0.25, -0.2) is 0 Å². The van der Waals surface area contributed by atoms with Gasteiger partial charge in [-0.15, -0.1) is 11.3 Å². The van der Waals surface area contributed by atoms with Gasteiger partial charge in [0, 0.05) is 47.3 Å². The van der Waals surface area contributed by atoms with Gasteiger partial charge >= 0.3 is 0 Å². The summed E-state index contributed by atoms with van der Waals surface area (Å²) >= 11 is 8.50. The molecule has 6 rings (SSSR count). The van der Waals surface area contributed by atoms with Crippen LogP contribution in [0.4, 0.5) is 17.1 Å². The Morgan fingerprint density at radius 3 is 1.87 bits per heavy atom. The van der Waals surface area contributed by atoms with Crippen molar-refractivity contribution < 1.29 is 0 Å². The normalized spacial score (nSPS) is 11.4. The van der Waals surface area contributed by atoms with Crippen LogP contribution in [0.1, 0.15) is 0 Å². The molecule has 0 amide bonds. The van der Waals surface area contributed by atoms with Crippen LogP contribution < -0.4 is 4.90 Å². The third-order valence-electron chi connectivity index (χ3n) is 5.70. The molecular weight excluding hydrogens is 418 g/mol. The van der Waals surface area contributed by atoms with Gasteiger partial charge in [0.15, 0.2) is 0 Å². The molecule has 0 saturated heterocycles. The molecule has 1 aromatic heterocycles. The highest BCUT2D eigenvalue weighted by atomic mass is 35.5. The molecular formula is C28H18ClNS. The quantitative estimate of drug-likeness (QED) is 0.267. The van der Waals surface area contributed by atoms with Gasteiger partial charge in [-0.3, -0.25) is 0 Å². The lowest BCUT2D eigenvalue weighted by Crippen LogP contribution is -2.10. The van der Waals surface area contributed by atoms with E-state index in [0.717, 1.165) is 27.5 Å². The van der Waals surface area contributed by atoms with Crippen LogP contribution in [0.25, 0.3) is 30.9 Å². The molecule has 0 spiro atoms. The maximum absolute atomic E-state index is 6.69. The minimum absolute atomic E-state index is 0.802. The molecule has 0 N–H and O–H groups in total. The number of halogens is 1. The van der Waals surface area contributed by atoms with Crippen molar-refractivity contribution in [2.75, 3.05) is 4.90 Å². The molecule has 1 heterocycles. The molecule has 0 fully saturated rings. The summed E-state index contributed by atoms with van der Waals surface area (Å²) < 4.78 is 2.50. The van der Waals surface area contributed by atoms with E-state index >= 15 is 0 Å². The smallest absolute Gasteiger partial charge is 0.0547 e. The molecule has 31 heavy (non-hydrogen) atoms. The fraction of sp³-hybridized carbons (Fsp3) is 0. The maximum atomic E-state index is 6.69. The van der Waals surface area contributed by atoms with Crippen molar-refractivity contribution in [2.45, 2.75) is 0 Å². The van der Waals surface area contributed by atoms with Gasteiger partial charge < -0.3 is 4.90 Å².